The summed E-state index contributed by atoms with van der Waals surface area (Å²) in [7, 11) is 0. The van der Waals surface area contributed by atoms with E-state index >= 15 is 0 Å². The molecule has 1 saturated carbocycles. The summed E-state index contributed by atoms with van der Waals surface area (Å²) in [5.74, 6) is -0.0403. The van der Waals surface area contributed by atoms with E-state index in [0.29, 0.717) is 16.8 Å². The monoisotopic (exact) mass is 263 g/mol. The van der Waals surface area contributed by atoms with Crippen molar-refractivity contribution in [1.29, 1.82) is 0 Å². The fourth-order valence-electron chi connectivity index (χ4n) is 1.85. The van der Waals surface area contributed by atoms with Crippen molar-refractivity contribution in [3.8, 4) is 5.82 Å². The summed E-state index contributed by atoms with van der Waals surface area (Å²) in [6, 6.07) is 5.06. The number of halogens is 1. The van der Waals surface area contributed by atoms with E-state index in [0.717, 1.165) is 18.5 Å². The van der Waals surface area contributed by atoms with Gasteiger partial charge in [0.25, 0.3) is 0 Å². The number of hydrogen-bond acceptors (Lipinski definition) is 3. The maximum atomic E-state index is 11.0. The summed E-state index contributed by atoms with van der Waals surface area (Å²) in [5, 5.41) is 13.6. The van der Waals surface area contributed by atoms with Crippen LogP contribution >= 0.6 is 11.6 Å². The quantitative estimate of drug-likeness (QED) is 0.924. The second-order valence-electron chi connectivity index (χ2n) is 4.28. The molecule has 2 aromatic rings. The first kappa shape index (κ1) is 11.2. The molecule has 0 unspecified atom stereocenters. The van der Waals surface area contributed by atoms with E-state index in [2.05, 4.69) is 10.1 Å². The van der Waals surface area contributed by atoms with Gasteiger partial charge in [0.15, 0.2) is 11.5 Å². The second kappa shape index (κ2) is 4.10. The number of pyridine rings is 1. The lowest BCUT2D eigenvalue weighted by Gasteiger charge is -2.04. The van der Waals surface area contributed by atoms with E-state index in [9.17, 15) is 4.79 Å². The lowest BCUT2D eigenvalue weighted by atomic mass is 10.2. The predicted molar refractivity (Wildman–Crippen MR) is 65.3 cm³/mol. The highest BCUT2D eigenvalue weighted by molar-refractivity contribution is 6.30. The van der Waals surface area contributed by atoms with Gasteiger partial charge in [-0.3, -0.25) is 0 Å². The van der Waals surface area contributed by atoms with E-state index in [1.165, 1.54) is 6.20 Å². The zero-order valence-electron chi connectivity index (χ0n) is 9.38. The third kappa shape index (κ3) is 1.97. The number of nitrogens with zero attached hydrogens (tertiary/aromatic N) is 3. The Labute approximate surface area is 108 Å². The van der Waals surface area contributed by atoms with Gasteiger partial charge in [-0.05, 0) is 31.0 Å². The number of aromatic carboxylic acids is 1. The molecule has 0 radical (unpaired) electrons. The molecule has 3 rings (SSSR count). The minimum atomic E-state index is -1.02. The Bertz CT molecular complexity index is 602. The largest absolute Gasteiger partial charge is 0.476 e. The molecule has 2 aromatic heterocycles. The van der Waals surface area contributed by atoms with Crippen LogP contribution in [0.3, 0.4) is 0 Å². The van der Waals surface area contributed by atoms with Crippen molar-refractivity contribution < 1.29 is 9.90 Å². The lowest BCUT2D eigenvalue weighted by Crippen LogP contribution is -2.05. The summed E-state index contributed by atoms with van der Waals surface area (Å²) in [4.78, 5) is 15.1. The molecule has 5 nitrogen and oxygen atoms in total. The first-order valence-corrected chi connectivity index (χ1v) is 5.98. The van der Waals surface area contributed by atoms with Gasteiger partial charge < -0.3 is 5.11 Å². The number of hydrogen-bond donors (Lipinski definition) is 1. The van der Waals surface area contributed by atoms with Crippen molar-refractivity contribution in [2.75, 3.05) is 0 Å². The maximum absolute atomic E-state index is 11.0. The smallest absolute Gasteiger partial charge is 0.356 e. The van der Waals surface area contributed by atoms with E-state index in [1.54, 1.807) is 22.9 Å². The number of carboxylic acid groups (broad SMARTS) is 1. The van der Waals surface area contributed by atoms with Crippen LogP contribution in [0.4, 0.5) is 0 Å². The molecular weight excluding hydrogens is 254 g/mol. The van der Waals surface area contributed by atoms with Crippen LogP contribution in [0.25, 0.3) is 5.82 Å². The summed E-state index contributed by atoms with van der Waals surface area (Å²) >= 11 is 5.78. The van der Waals surface area contributed by atoms with Crippen molar-refractivity contribution >= 4 is 17.6 Å². The van der Waals surface area contributed by atoms with Crippen LogP contribution in [-0.2, 0) is 0 Å². The SMILES string of the molecule is O=C(O)c1cc(C2CC2)n(-c2ccc(Cl)cn2)n1. The predicted octanol–water partition coefficient (Wildman–Crippen LogP) is 2.50. The highest BCUT2D eigenvalue weighted by Gasteiger charge is 2.30. The normalized spacial score (nSPS) is 14.7. The Hall–Kier alpha value is -1.88. The molecule has 0 amide bonds. The molecule has 1 fully saturated rings. The number of carboxylic acids is 1. The molecule has 0 aromatic carbocycles. The van der Waals surface area contributed by atoms with Gasteiger partial charge in [-0.1, -0.05) is 11.6 Å². The van der Waals surface area contributed by atoms with Crippen molar-refractivity contribution in [3.05, 3.63) is 40.8 Å². The summed E-state index contributed by atoms with van der Waals surface area (Å²) < 4.78 is 1.59. The standard InChI is InChI=1S/C12H10ClN3O2/c13-8-3-4-11(14-6-8)16-10(7-1-2-7)5-9(15-16)12(17)18/h3-7H,1-2H2,(H,17,18). The highest BCUT2D eigenvalue weighted by atomic mass is 35.5. The zero-order chi connectivity index (χ0) is 12.7. The average molecular weight is 264 g/mol. The minimum Gasteiger partial charge on any atom is -0.476 e. The van der Waals surface area contributed by atoms with Crippen molar-refractivity contribution in [2.45, 2.75) is 18.8 Å². The molecule has 0 atom stereocenters. The molecule has 92 valence electrons. The van der Waals surface area contributed by atoms with E-state index < -0.39 is 5.97 Å². The molecule has 1 aliphatic carbocycles. The fourth-order valence-corrected chi connectivity index (χ4v) is 1.96. The van der Waals surface area contributed by atoms with Gasteiger partial charge in [0.1, 0.15) is 0 Å². The van der Waals surface area contributed by atoms with Gasteiger partial charge in [-0.2, -0.15) is 5.10 Å². The molecule has 0 aliphatic heterocycles. The Morgan fingerprint density at radius 1 is 1.44 bits per heavy atom. The van der Waals surface area contributed by atoms with Gasteiger partial charge in [0.2, 0.25) is 0 Å². The molecule has 0 saturated heterocycles. The Morgan fingerprint density at radius 2 is 2.22 bits per heavy atom. The molecule has 6 heteroatoms. The van der Waals surface area contributed by atoms with Crippen LogP contribution in [0, 0.1) is 0 Å². The third-order valence-corrected chi connectivity index (χ3v) is 3.10. The minimum absolute atomic E-state index is 0.0497. The molecule has 1 N–H and O–H groups in total. The molecule has 18 heavy (non-hydrogen) atoms. The third-order valence-electron chi connectivity index (χ3n) is 2.88. The topological polar surface area (TPSA) is 68.0 Å². The highest BCUT2D eigenvalue weighted by Crippen LogP contribution is 2.40. The molecule has 0 spiro atoms. The summed E-state index contributed by atoms with van der Waals surface area (Å²) in [6.07, 6.45) is 3.66. The molecule has 2 heterocycles. The van der Waals surface area contributed by atoms with Gasteiger partial charge in [-0.25, -0.2) is 14.5 Å². The number of rotatable bonds is 3. The van der Waals surface area contributed by atoms with Crippen molar-refractivity contribution in [2.24, 2.45) is 0 Å². The Kier molecular flexibility index (Phi) is 2.56. The van der Waals surface area contributed by atoms with E-state index in [1.807, 2.05) is 0 Å². The van der Waals surface area contributed by atoms with Gasteiger partial charge in [0.05, 0.1) is 10.7 Å². The van der Waals surface area contributed by atoms with Crippen LogP contribution in [-0.4, -0.2) is 25.8 Å². The zero-order valence-corrected chi connectivity index (χ0v) is 10.1. The van der Waals surface area contributed by atoms with Crippen LogP contribution in [0.1, 0.15) is 34.9 Å². The second-order valence-corrected chi connectivity index (χ2v) is 4.72. The number of aromatic nitrogens is 3. The molecule has 1 aliphatic rings. The first-order chi connectivity index (χ1) is 8.65. The average Bonchev–Trinajstić information content (AvgIpc) is 3.09. The van der Waals surface area contributed by atoms with Crippen LogP contribution in [0.2, 0.25) is 5.02 Å². The summed E-state index contributed by atoms with van der Waals surface area (Å²) in [5.41, 5.74) is 0.955. The van der Waals surface area contributed by atoms with Gasteiger partial charge in [-0.15, -0.1) is 0 Å². The van der Waals surface area contributed by atoms with Gasteiger partial charge >= 0.3 is 5.97 Å². The van der Waals surface area contributed by atoms with Crippen LogP contribution in [0.15, 0.2) is 24.4 Å². The fraction of sp³-hybridized carbons (Fsp3) is 0.250. The Morgan fingerprint density at radius 3 is 2.78 bits per heavy atom. The van der Waals surface area contributed by atoms with Crippen molar-refractivity contribution in [1.82, 2.24) is 14.8 Å². The van der Waals surface area contributed by atoms with E-state index in [-0.39, 0.29) is 5.69 Å². The van der Waals surface area contributed by atoms with Gasteiger partial charge in [0, 0.05) is 12.1 Å². The Balaban J connectivity index is 2.09. The first-order valence-electron chi connectivity index (χ1n) is 5.60. The molecule has 0 bridgehead atoms. The van der Waals surface area contributed by atoms with Crippen LogP contribution in [0.5, 0.6) is 0 Å². The maximum Gasteiger partial charge on any atom is 0.356 e. The van der Waals surface area contributed by atoms with E-state index in [4.69, 9.17) is 16.7 Å². The lowest BCUT2D eigenvalue weighted by molar-refractivity contribution is 0.0690. The molecular formula is C12H10ClN3O2. The van der Waals surface area contributed by atoms with Crippen LogP contribution < -0.4 is 0 Å². The van der Waals surface area contributed by atoms with Crippen molar-refractivity contribution in [3.63, 3.8) is 0 Å². The number of carbonyl (C=O) groups is 1. The summed E-state index contributed by atoms with van der Waals surface area (Å²) in [6.45, 7) is 0.